The third kappa shape index (κ3) is 4.01. The second kappa shape index (κ2) is 8.10. The molecule has 1 saturated heterocycles. The smallest absolute Gasteiger partial charge is 0.243 e. The zero-order valence-corrected chi connectivity index (χ0v) is 17.9. The number of hydrogen-bond donors (Lipinski definition) is 0. The minimum Gasteiger partial charge on any atom is -0.352 e. The van der Waals surface area contributed by atoms with Crippen LogP contribution in [0.15, 0.2) is 65.8 Å². The van der Waals surface area contributed by atoms with Gasteiger partial charge in [-0.2, -0.15) is 4.31 Å². The van der Waals surface area contributed by atoms with E-state index in [4.69, 9.17) is 0 Å². The fourth-order valence-electron chi connectivity index (χ4n) is 3.08. The van der Waals surface area contributed by atoms with Crippen LogP contribution >= 0.6 is 22.6 Å². The summed E-state index contributed by atoms with van der Waals surface area (Å²) in [7, 11) is -3.47. The van der Waals surface area contributed by atoms with Crippen LogP contribution in [0.1, 0.15) is 0 Å². The lowest BCUT2D eigenvalue weighted by Gasteiger charge is -2.34. The largest absolute Gasteiger partial charge is 0.352 e. The Balaban J connectivity index is 1.43. The van der Waals surface area contributed by atoms with Crippen molar-refractivity contribution in [1.82, 2.24) is 19.5 Å². The zero-order valence-electron chi connectivity index (χ0n) is 14.9. The molecule has 0 radical (unpaired) electrons. The molecule has 1 aromatic carbocycles. The number of piperazine rings is 1. The fourth-order valence-corrected chi connectivity index (χ4v) is 4.87. The lowest BCUT2D eigenvalue weighted by Crippen LogP contribution is -2.49. The summed E-state index contributed by atoms with van der Waals surface area (Å²) in [5.41, 5.74) is 1.74. The predicted molar refractivity (Wildman–Crippen MR) is 115 cm³/mol. The van der Waals surface area contributed by atoms with Crippen molar-refractivity contribution in [2.24, 2.45) is 0 Å². The second-order valence-corrected chi connectivity index (χ2v) is 9.54. The third-order valence-electron chi connectivity index (χ3n) is 4.64. The molecule has 0 N–H and O–H groups in total. The van der Waals surface area contributed by atoms with Gasteiger partial charge >= 0.3 is 0 Å². The Kier molecular flexibility index (Phi) is 5.56. The Morgan fingerprint density at radius 3 is 2.11 bits per heavy atom. The van der Waals surface area contributed by atoms with Gasteiger partial charge in [0.25, 0.3) is 0 Å². The van der Waals surface area contributed by atoms with Crippen LogP contribution in [0.3, 0.4) is 0 Å². The van der Waals surface area contributed by atoms with Gasteiger partial charge in [-0.25, -0.2) is 8.42 Å². The van der Waals surface area contributed by atoms with Gasteiger partial charge in [-0.15, -0.1) is 10.2 Å². The van der Waals surface area contributed by atoms with Crippen molar-refractivity contribution in [3.63, 3.8) is 0 Å². The maximum atomic E-state index is 12.8. The van der Waals surface area contributed by atoms with E-state index < -0.39 is 10.0 Å². The Morgan fingerprint density at radius 1 is 0.821 bits per heavy atom. The first-order valence-corrected chi connectivity index (χ1v) is 11.3. The standard InChI is InChI=1S/C19H18IN5O2S/c20-16-1-3-17(4-2-16)28(26,27)25-13-11-24(12-14-25)19-6-5-18(22-23-19)15-7-9-21-10-8-15/h1-10H,11-14H2. The van der Waals surface area contributed by atoms with E-state index in [2.05, 4.69) is 42.7 Å². The number of pyridine rings is 1. The number of aromatic nitrogens is 3. The number of halogens is 1. The van der Waals surface area contributed by atoms with E-state index in [1.54, 1.807) is 24.5 Å². The number of sulfonamides is 1. The van der Waals surface area contributed by atoms with E-state index >= 15 is 0 Å². The number of anilines is 1. The molecule has 9 heteroatoms. The van der Waals surface area contributed by atoms with Crippen molar-refractivity contribution in [1.29, 1.82) is 0 Å². The van der Waals surface area contributed by atoms with E-state index in [-0.39, 0.29) is 0 Å². The molecule has 1 fully saturated rings. The maximum absolute atomic E-state index is 12.8. The minimum absolute atomic E-state index is 0.336. The number of benzene rings is 1. The van der Waals surface area contributed by atoms with Gasteiger partial charge in [0.05, 0.1) is 10.6 Å². The van der Waals surface area contributed by atoms with Crippen LogP contribution in [0.5, 0.6) is 0 Å². The zero-order chi connectivity index (χ0) is 19.6. The predicted octanol–water partition coefficient (Wildman–Crippen LogP) is 2.65. The van der Waals surface area contributed by atoms with Gasteiger partial charge in [0, 0.05) is 47.7 Å². The van der Waals surface area contributed by atoms with E-state index in [1.807, 2.05) is 36.4 Å². The molecule has 3 aromatic rings. The number of hydrogen-bond acceptors (Lipinski definition) is 6. The van der Waals surface area contributed by atoms with Gasteiger partial charge in [-0.1, -0.05) is 0 Å². The Bertz CT molecular complexity index is 1040. The quantitative estimate of drug-likeness (QED) is 0.506. The first-order chi connectivity index (χ1) is 13.5. The Morgan fingerprint density at radius 2 is 1.50 bits per heavy atom. The number of rotatable bonds is 4. The van der Waals surface area contributed by atoms with Crippen molar-refractivity contribution in [2.75, 3.05) is 31.1 Å². The highest BCUT2D eigenvalue weighted by atomic mass is 127. The van der Waals surface area contributed by atoms with Gasteiger partial charge in [0.1, 0.15) is 0 Å². The SMILES string of the molecule is O=S(=O)(c1ccc(I)cc1)N1CCN(c2ccc(-c3ccncc3)nn2)CC1. The first-order valence-electron chi connectivity index (χ1n) is 8.79. The highest BCUT2D eigenvalue weighted by Gasteiger charge is 2.29. The molecule has 0 saturated carbocycles. The summed E-state index contributed by atoms with van der Waals surface area (Å²) in [6.07, 6.45) is 3.44. The van der Waals surface area contributed by atoms with E-state index in [9.17, 15) is 8.42 Å². The Labute approximate surface area is 177 Å². The molecule has 3 heterocycles. The Hall–Kier alpha value is -2.11. The van der Waals surface area contributed by atoms with Crippen molar-refractivity contribution in [3.8, 4) is 11.3 Å². The summed E-state index contributed by atoms with van der Waals surface area (Å²) in [6.45, 7) is 1.99. The average Bonchev–Trinajstić information content (AvgIpc) is 2.75. The molecule has 0 atom stereocenters. The third-order valence-corrected chi connectivity index (χ3v) is 7.27. The summed E-state index contributed by atoms with van der Waals surface area (Å²) >= 11 is 2.16. The molecule has 28 heavy (non-hydrogen) atoms. The highest BCUT2D eigenvalue weighted by molar-refractivity contribution is 14.1. The first kappa shape index (κ1) is 19.2. The van der Waals surface area contributed by atoms with Crippen LogP contribution in [0.2, 0.25) is 0 Å². The topological polar surface area (TPSA) is 79.3 Å². The molecule has 1 aliphatic heterocycles. The van der Waals surface area contributed by atoms with Crippen molar-refractivity contribution >= 4 is 38.4 Å². The number of nitrogens with zero attached hydrogens (tertiary/aromatic N) is 5. The lowest BCUT2D eigenvalue weighted by molar-refractivity contribution is 0.383. The van der Waals surface area contributed by atoms with Crippen LogP contribution in [0.4, 0.5) is 5.82 Å². The molecule has 144 valence electrons. The summed E-state index contributed by atoms with van der Waals surface area (Å²) in [4.78, 5) is 6.40. The molecule has 0 unspecified atom stereocenters. The van der Waals surface area contributed by atoms with Gasteiger partial charge in [-0.3, -0.25) is 4.98 Å². The molecule has 7 nitrogen and oxygen atoms in total. The van der Waals surface area contributed by atoms with Gasteiger partial charge in [-0.05, 0) is 71.1 Å². The summed E-state index contributed by atoms with van der Waals surface area (Å²) in [6, 6.07) is 14.6. The van der Waals surface area contributed by atoms with Gasteiger partial charge in [0.15, 0.2) is 5.82 Å². The molecular formula is C19H18IN5O2S. The summed E-state index contributed by atoms with van der Waals surface area (Å²) in [5, 5.41) is 8.62. The van der Waals surface area contributed by atoms with Crippen molar-refractivity contribution < 1.29 is 8.42 Å². The monoisotopic (exact) mass is 507 g/mol. The van der Waals surface area contributed by atoms with Crippen LogP contribution < -0.4 is 4.90 Å². The average molecular weight is 507 g/mol. The molecule has 0 amide bonds. The molecule has 0 bridgehead atoms. The maximum Gasteiger partial charge on any atom is 0.243 e. The summed E-state index contributed by atoms with van der Waals surface area (Å²) in [5.74, 6) is 0.754. The van der Waals surface area contributed by atoms with Crippen LogP contribution in [0, 0.1) is 3.57 Å². The summed E-state index contributed by atoms with van der Waals surface area (Å²) < 4.78 is 28.2. The second-order valence-electron chi connectivity index (χ2n) is 6.36. The highest BCUT2D eigenvalue weighted by Crippen LogP contribution is 2.22. The molecular weight excluding hydrogens is 489 g/mol. The molecule has 4 rings (SSSR count). The molecule has 2 aromatic heterocycles. The lowest BCUT2D eigenvalue weighted by atomic mass is 10.2. The van der Waals surface area contributed by atoms with E-state index in [0.717, 1.165) is 20.6 Å². The minimum atomic E-state index is -3.47. The van der Waals surface area contributed by atoms with E-state index in [0.29, 0.717) is 31.1 Å². The van der Waals surface area contributed by atoms with Gasteiger partial charge < -0.3 is 4.90 Å². The molecule has 1 aliphatic rings. The van der Waals surface area contributed by atoms with Crippen LogP contribution in [-0.4, -0.2) is 54.1 Å². The van der Waals surface area contributed by atoms with E-state index in [1.165, 1.54) is 4.31 Å². The van der Waals surface area contributed by atoms with Crippen molar-refractivity contribution in [3.05, 3.63) is 64.5 Å². The van der Waals surface area contributed by atoms with Crippen LogP contribution in [-0.2, 0) is 10.0 Å². The molecule has 0 aliphatic carbocycles. The normalized spacial score (nSPS) is 15.5. The van der Waals surface area contributed by atoms with Crippen LogP contribution in [0.25, 0.3) is 11.3 Å². The van der Waals surface area contributed by atoms with Gasteiger partial charge in [0.2, 0.25) is 10.0 Å². The fraction of sp³-hybridized carbons (Fsp3) is 0.211. The van der Waals surface area contributed by atoms with Crippen molar-refractivity contribution in [2.45, 2.75) is 4.90 Å². The molecule has 0 spiro atoms.